The number of cyclic esters (lactones) is 1. The molecule has 0 spiro atoms. The number of hydrogen-bond acceptors (Lipinski definition) is 4. The number of esters is 1. The summed E-state index contributed by atoms with van der Waals surface area (Å²) in [5.41, 5.74) is 0. The van der Waals surface area contributed by atoms with Crippen molar-refractivity contribution >= 4 is 11.8 Å². The van der Waals surface area contributed by atoms with Crippen LogP contribution in [0.2, 0.25) is 0 Å². The maximum absolute atomic E-state index is 11.1. The Kier molecular flexibility index (Phi) is 2.64. The van der Waals surface area contributed by atoms with Gasteiger partial charge in [-0.2, -0.15) is 0 Å². The lowest BCUT2D eigenvalue weighted by Crippen LogP contribution is -2.36. The largest absolute Gasteiger partial charge is 0.456 e. The first-order chi connectivity index (χ1) is 6.32. The Morgan fingerprint density at radius 3 is 2.43 bits per heavy atom. The third-order valence-corrected chi connectivity index (χ3v) is 2.01. The lowest BCUT2D eigenvalue weighted by atomic mass is 10.0. The Labute approximate surface area is 82.9 Å². The molecule has 0 bridgehead atoms. The number of allylic oxidation sites excluding steroid dienone is 1. The lowest BCUT2D eigenvalue weighted by Gasteiger charge is -2.32. The highest BCUT2D eigenvalue weighted by Gasteiger charge is 2.33. The van der Waals surface area contributed by atoms with Crippen LogP contribution in [0.1, 0.15) is 27.7 Å². The zero-order valence-corrected chi connectivity index (χ0v) is 8.79. The molecule has 0 N–H and O–H groups in total. The molecular formula is C10H14O4. The molecule has 1 aliphatic heterocycles. The number of Topliss-reactive ketones (excluding diaryl/α,β-unsaturated/α-hetero) is 1. The maximum Gasteiger partial charge on any atom is 0.337 e. The highest BCUT2D eigenvalue weighted by Crippen LogP contribution is 2.26. The molecule has 0 aliphatic carbocycles. The van der Waals surface area contributed by atoms with Crippen LogP contribution < -0.4 is 0 Å². The number of ether oxygens (including phenoxy) is 2. The molecular weight excluding hydrogens is 184 g/mol. The van der Waals surface area contributed by atoms with Crippen LogP contribution >= 0.6 is 0 Å². The van der Waals surface area contributed by atoms with Crippen molar-refractivity contribution in [2.24, 2.45) is 5.92 Å². The third kappa shape index (κ3) is 2.34. The molecule has 1 heterocycles. The Balaban J connectivity index is 2.89. The summed E-state index contributed by atoms with van der Waals surface area (Å²) in [5.74, 6) is -1.52. The summed E-state index contributed by atoms with van der Waals surface area (Å²) < 4.78 is 10.2. The number of rotatable bonds is 2. The van der Waals surface area contributed by atoms with Crippen LogP contribution in [0.25, 0.3) is 0 Å². The van der Waals surface area contributed by atoms with Crippen LogP contribution in [0, 0.1) is 5.92 Å². The van der Waals surface area contributed by atoms with Gasteiger partial charge in [0.2, 0.25) is 5.79 Å². The van der Waals surface area contributed by atoms with Crippen LogP contribution in [0.15, 0.2) is 11.8 Å². The number of ketones is 1. The first kappa shape index (κ1) is 10.8. The Morgan fingerprint density at radius 2 is 2.00 bits per heavy atom. The molecule has 1 rings (SSSR count). The Bertz CT molecular complexity index is 301. The predicted octanol–water partition coefficient (Wildman–Crippen LogP) is 1.40. The van der Waals surface area contributed by atoms with Gasteiger partial charge in [0.15, 0.2) is 0 Å². The number of carbonyl (C=O) groups excluding carboxylic acids is 2. The average molecular weight is 198 g/mol. The Morgan fingerprint density at radius 1 is 1.43 bits per heavy atom. The fraction of sp³-hybridized carbons (Fsp3) is 0.600. The summed E-state index contributed by atoms with van der Waals surface area (Å²) in [6.45, 7) is 6.42. The van der Waals surface area contributed by atoms with Crippen LogP contribution in [0.3, 0.4) is 0 Å². The molecule has 1 aliphatic rings. The van der Waals surface area contributed by atoms with Gasteiger partial charge in [0, 0.05) is 13.8 Å². The van der Waals surface area contributed by atoms with E-state index in [9.17, 15) is 9.59 Å². The molecule has 1 unspecified atom stereocenters. The van der Waals surface area contributed by atoms with Crippen LogP contribution in [0.5, 0.6) is 0 Å². The molecule has 0 saturated heterocycles. The average Bonchev–Trinajstić information content (AvgIpc) is 1.98. The van der Waals surface area contributed by atoms with Gasteiger partial charge >= 0.3 is 5.97 Å². The van der Waals surface area contributed by atoms with E-state index in [1.165, 1.54) is 13.0 Å². The normalized spacial score (nSPS) is 21.7. The van der Waals surface area contributed by atoms with E-state index in [2.05, 4.69) is 0 Å². The zero-order chi connectivity index (χ0) is 10.9. The molecule has 0 fully saturated rings. The summed E-state index contributed by atoms with van der Waals surface area (Å²) in [4.78, 5) is 22.2. The summed E-state index contributed by atoms with van der Waals surface area (Å²) >= 11 is 0. The molecule has 0 saturated carbocycles. The minimum atomic E-state index is -0.981. The van der Waals surface area contributed by atoms with Crippen molar-refractivity contribution in [3.05, 3.63) is 11.8 Å². The van der Waals surface area contributed by atoms with E-state index >= 15 is 0 Å². The highest BCUT2D eigenvalue weighted by molar-refractivity contribution is 5.87. The summed E-state index contributed by atoms with van der Waals surface area (Å²) in [6, 6.07) is 0. The molecule has 0 aromatic rings. The third-order valence-electron chi connectivity index (χ3n) is 2.01. The van der Waals surface area contributed by atoms with E-state index in [-0.39, 0.29) is 5.78 Å². The van der Waals surface area contributed by atoms with Crippen molar-refractivity contribution in [3.63, 3.8) is 0 Å². The standard InChI is InChI=1S/C10H14O4/c1-6(7(2)11)8-5-9(12)14-10(3,4)13-8/h5-6H,1-4H3. The molecule has 1 atom stereocenters. The molecule has 14 heavy (non-hydrogen) atoms. The minimum Gasteiger partial charge on any atom is -0.456 e. The van der Waals surface area contributed by atoms with Crippen molar-refractivity contribution in [3.8, 4) is 0 Å². The van der Waals surface area contributed by atoms with E-state index in [1.54, 1.807) is 20.8 Å². The SMILES string of the molecule is CC(=O)C(C)C1=CC(=O)OC(C)(C)O1. The molecule has 0 radical (unpaired) electrons. The summed E-state index contributed by atoms with van der Waals surface area (Å²) in [6.07, 6.45) is 1.22. The van der Waals surface area contributed by atoms with E-state index in [1.807, 2.05) is 0 Å². The first-order valence-electron chi connectivity index (χ1n) is 4.46. The molecule has 4 nitrogen and oxygen atoms in total. The second-order valence-corrected chi connectivity index (χ2v) is 3.80. The van der Waals surface area contributed by atoms with Gasteiger partial charge in [0.25, 0.3) is 0 Å². The van der Waals surface area contributed by atoms with Gasteiger partial charge in [-0.05, 0) is 13.8 Å². The van der Waals surface area contributed by atoms with Gasteiger partial charge in [0.1, 0.15) is 11.5 Å². The quantitative estimate of drug-likeness (QED) is 0.629. The van der Waals surface area contributed by atoms with Crippen molar-refractivity contribution in [1.29, 1.82) is 0 Å². The summed E-state index contributed by atoms with van der Waals surface area (Å²) in [7, 11) is 0. The van der Waals surface area contributed by atoms with Crippen LogP contribution in [0.4, 0.5) is 0 Å². The van der Waals surface area contributed by atoms with Gasteiger partial charge in [-0.15, -0.1) is 0 Å². The predicted molar refractivity (Wildman–Crippen MR) is 49.2 cm³/mol. The fourth-order valence-corrected chi connectivity index (χ4v) is 1.14. The highest BCUT2D eigenvalue weighted by atomic mass is 16.7. The molecule has 0 aromatic carbocycles. The molecule has 78 valence electrons. The molecule has 4 heteroatoms. The second-order valence-electron chi connectivity index (χ2n) is 3.80. The second kappa shape index (κ2) is 3.44. The minimum absolute atomic E-state index is 0.0400. The van der Waals surface area contributed by atoms with Crippen molar-refractivity contribution < 1.29 is 19.1 Å². The van der Waals surface area contributed by atoms with E-state index in [0.717, 1.165) is 0 Å². The van der Waals surface area contributed by atoms with E-state index in [0.29, 0.717) is 5.76 Å². The van der Waals surface area contributed by atoms with Gasteiger partial charge in [-0.25, -0.2) is 4.79 Å². The number of carbonyl (C=O) groups is 2. The van der Waals surface area contributed by atoms with Gasteiger partial charge in [0.05, 0.1) is 12.0 Å². The van der Waals surface area contributed by atoms with Gasteiger partial charge < -0.3 is 9.47 Å². The van der Waals surface area contributed by atoms with E-state index < -0.39 is 17.7 Å². The smallest absolute Gasteiger partial charge is 0.337 e. The molecule has 0 amide bonds. The lowest BCUT2D eigenvalue weighted by molar-refractivity contribution is -0.207. The van der Waals surface area contributed by atoms with Crippen LogP contribution in [-0.2, 0) is 19.1 Å². The van der Waals surface area contributed by atoms with Crippen molar-refractivity contribution in [1.82, 2.24) is 0 Å². The van der Waals surface area contributed by atoms with Crippen molar-refractivity contribution in [2.45, 2.75) is 33.5 Å². The first-order valence-corrected chi connectivity index (χ1v) is 4.46. The van der Waals surface area contributed by atoms with Gasteiger partial charge in [-0.3, -0.25) is 4.79 Å². The van der Waals surface area contributed by atoms with Crippen LogP contribution in [-0.4, -0.2) is 17.5 Å². The Hall–Kier alpha value is -1.32. The topological polar surface area (TPSA) is 52.6 Å². The summed E-state index contributed by atoms with van der Waals surface area (Å²) in [5, 5.41) is 0. The zero-order valence-electron chi connectivity index (χ0n) is 8.79. The maximum atomic E-state index is 11.1. The molecule has 0 aromatic heterocycles. The number of hydrogen-bond donors (Lipinski definition) is 0. The van der Waals surface area contributed by atoms with E-state index in [4.69, 9.17) is 9.47 Å². The fourth-order valence-electron chi connectivity index (χ4n) is 1.14. The van der Waals surface area contributed by atoms with Gasteiger partial charge in [-0.1, -0.05) is 0 Å². The van der Waals surface area contributed by atoms with Crippen molar-refractivity contribution in [2.75, 3.05) is 0 Å². The monoisotopic (exact) mass is 198 g/mol.